The summed E-state index contributed by atoms with van der Waals surface area (Å²) in [6.07, 6.45) is 10.0. The van der Waals surface area contributed by atoms with Crippen molar-refractivity contribution in [3.05, 3.63) is 34.5 Å². The van der Waals surface area contributed by atoms with Crippen LogP contribution in [-0.4, -0.2) is 35.2 Å². The van der Waals surface area contributed by atoms with Gasteiger partial charge in [-0.3, -0.25) is 4.72 Å². The van der Waals surface area contributed by atoms with Crippen molar-refractivity contribution < 1.29 is 22.7 Å². The molecule has 178 valence electrons. The number of thiophene rings is 1. The van der Waals surface area contributed by atoms with Crippen molar-refractivity contribution in [2.75, 3.05) is 30.8 Å². The smallest absolute Gasteiger partial charge is 0.349 e. The zero-order valence-electron chi connectivity index (χ0n) is 19.1. The van der Waals surface area contributed by atoms with E-state index >= 15 is 0 Å². The molecular weight excluding hydrogens is 448 g/mol. The van der Waals surface area contributed by atoms with Gasteiger partial charge in [0.05, 0.1) is 25.6 Å². The highest BCUT2D eigenvalue weighted by atomic mass is 32.2. The molecule has 0 aliphatic rings. The summed E-state index contributed by atoms with van der Waals surface area (Å²) in [4.78, 5) is 11.8. The topological polar surface area (TPSA) is 93.7 Å². The minimum atomic E-state index is -3.95. The molecule has 1 heterocycles. The number of anilines is 2. The number of nitrogens with one attached hydrogen (secondary N) is 2. The summed E-state index contributed by atoms with van der Waals surface area (Å²) in [6.45, 7) is 3.06. The summed E-state index contributed by atoms with van der Waals surface area (Å²) in [5, 5.41) is 4.90. The van der Waals surface area contributed by atoms with Gasteiger partial charge in [0, 0.05) is 12.6 Å². The summed E-state index contributed by atoms with van der Waals surface area (Å²) < 4.78 is 38.2. The van der Waals surface area contributed by atoms with Crippen LogP contribution in [0.25, 0.3) is 0 Å². The number of hydrogen-bond donors (Lipinski definition) is 2. The van der Waals surface area contributed by atoms with Crippen LogP contribution in [0.1, 0.15) is 68.0 Å². The Kier molecular flexibility index (Phi) is 10.8. The summed E-state index contributed by atoms with van der Waals surface area (Å²) in [7, 11) is -1.18. The first-order chi connectivity index (χ1) is 15.4. The molecular formula is C23H34N2O5S2. The zero-order valence-corrected chi connectivity index (χ0v) is 20.7. The lowest BCUT2D eigenvalue weighted by molar-refractivity contribution is 0.0602. The zero-order chi connectivity index (χ0) is 23.4. The molecule has 0 aliphatic carbocycles. The first kappa shape index (κ1) is 26.0. The second-order valence-electron chi connectivity index (χ2n) is 7.53. The van der Waals surface area contributed by atoms with E-state index in [1.54, 1.807) is 30.7 Å². The van der Waals surface area contributed by atoms with E-state index in [0.717, 1.165) is 30.0 Å². The molecule has 1 aromatic carbocycles. The largest absolute Gasteiger partial charge is 0.495 e. The molecule has 7 nitrogen and oxygen atoms in total. The van der Waals surface area contributed by atoms with Gasteiger partial charge in [0.1, 0.15) is 15.5 Å². The van der Waals surface area contributed by atoms with Crippen LogP contribution >= 0.6 is 11.3 Å². The average molecular weight is 483 g/mol. The summed E-state index contributed by atoms with van der Waals surface area (Å²) in [5.74, 6) is -0.137. The molecule has 2 N–H and O–H groups in total. The van der Waals surface area contributed by atoms with E-state index in [4.69, 9.17) is 4.74 Å². The summed E-state index contributed by atoms with van der Waals surface area (Å²) in [5.41, 5.74) is 1.16. The molecule has 0 saturated heterocycles. The van der Waals surface area contributed by atoms with Gasteiger partial charge < -0.3 is 14.8 Å². The monoisotopic (exact) mass is 482 g/mol. The molecule has 0 amide bonds. The Bertz CT molecular complexity index is 957. The molecule has 0 fully saturated rings. The van der Waals surface area contributed by atoms with E-state index in [2.05, 4.69) is 21.7 Å². The predicted octanol–water partition coefficient (Wildman–Crippen LogP) is 5.90. The lowest BCUT2D eigenvalue weighted by Crippen LogP contribution is -2.16. The Morgan fingerprint density at radius 2 is 1.69 bits per heavy atom. The maximum atomic E-state index is 12.8. The van der Waals surface area contributed by atoms with Crippen LogP contribution in [0.2, 0.25) is 0 Å². The number of rotatable bonds is 15. The molecule has 1 aromatic heterocycles. The van der Waals surface area contributed by atoms with Crippen LogP contribution < -0.4 is 14.8 Å². The highest BCUT2D eigenvalue weighted by Crippen LogP contribution is 2.30. The van der Waals surface area contributed by atoms with Gasteiger partial charge in [-0.15, -0.1) is 11.3 Å². The second kappa shape index (κ2) is 13.3. The number of hydrogen-bond acceptors (Lipinski definition) is 7. The number of benzene rings is 1. The molecule has 2 rings (SSSR count). The highest BCUT2D eigenvalue weighted by Gasteiger charge is 2.25. The van der Waals surface area contributed by atoms with E-state index in [0.29, 0.717) is 11.4 Å². The van der Waals surface area contributed by atoms with E-state index in [-0.39, 0.29) is 9.77 Å². The summed E-state index contributed by atoms with van der Waals surface area (Å²) in [6, 6.07) is 6.46. The Morgan fingerprint density at radius 3 is 2.34 bits per heavy atom. The molecule has 0 radical (unpaired) electrons. The lowest BCUT2D eigenvalue weighted by atomic mass is 10.1. The van der Waals surface area contributed by atoms with Crippen molar-refractivity contribution in [1.29, 1.82) is 0 Å². The molecule has 0 atom stereocenters. The van der Waals surface area contributed by atoms with Gasteiger partial charge in [0.15, 0.2) is 0 Å². The third kappa shape index (κ3) is 7.70. The molecule has 0 bridgehead atoms. The third-order valence-electron chi connectivity index (χ3n) is 5.09. The number of methoxy groups -OCH3 is 2. The number of ether oxygens (including phenoxy) is 2. The normalized spacial score (nSPS) is 11.2. The number of unbranched alkanes of at least 4 members (excludes halogenated alkanes) is 7. The first-order valence-corrected chi connectivity index (χ1v) is 13.4. The van der Waals surface area contributed by atoms with Crippen LogP contribution in [0.15, 0.2) is 34.5 Å². The average Bonchev–Trinajstić information content (AvgIpc) is 3.29. The maximum absolute atomic E-state index is 12.8. The Morgan fingerprint density at radius 1 is 1.00 bits per heavy atom. The second-order valence-corrected chi connectivity index (χ2v) is 10.1. The minimum Gasteiger partial charge on any atom is -0.495 e. The first-order valence-electron chi connectivity index (χ1n) is 11.0. The van der Waals surface area contributed by atoms with E-state index in [9.17, 15) is 13.2 Å². The number of carbonyl (C=O) groups is 1. The van der Waals surface area contributed by atoms with Crippen molar-refractivity contribution >= 4 is 38.7 Å². The minimum absolute atomic E-state index is 0.0376. The molecule has 0 unspecified atom stereocenters. The number of esters is 1. The van der Waals surface area contributed by atoms with Crippen LogP contribution in [0.5, 0.6) is 5.75 Å². The van der Waals surface area contributed by atoms with E-state index in [1.165, 1.54) is 58.1 Å². The van der Waals surface area contributed by atoms with Gasteiger partial charge >= 0.3 is 5.97 Å². The van der Waals surface area contributed by atoms with Crippen LogP contribution in [0.4, 0.5) is 11.4 Å². The van der Waals surface area contributed by atoms with Crippen molar-refractivity contribution in [2.45, 2.75) is 63.2 Å². The van der Waals surface area contributed by atoms with Gasteiger partial charge in [0.25, 0.3) is 10.0 Å². The standard InChI is InChI=1S/C23H34N2O5S2/c1-4-5-6-7-8-9-10-11-15-24-19-13-12-18(17-20(19)29-2)25-32(27,28)21-14-16-31-22(21)23(26)30-3/h12-14,16-17,24-25H,4-11,15H2,1-3H3. The Balaban J connectivity index is 1.92. The van der Waals surface area contributed by atoms with Crippen LogP contribution in [0.3, 0.4) is 0 Å². The predicted molar refractivity (Wildman–Crippen MR) is 131 cm³/mol. The quantitative estimate of drug-likeness (QED) is 0.243. The van der Waals surface area contributed by atoms with Gasteiger partial charge in [-0.25, -0.2) is 13.2 Å². The van der Waals surface area contributed by atoms with Crippen molar-refractivity contribution in [3.8, 4) is 5.75 Å². The number of sulfonamides is 1. The van der Waals surface area contributed by atoms with E-state index < -0.39 is 16.0 Å². The SMILES string of the molecule is CCCCCCCCCCNc1ccc(NS(=O)(=O)c2ccsc2C(=O)OC)cc1OC. The van der Waals surface area contributed by atoms with Crippen LogP contribution in [-0.2, 0) is 14.8 Å². The Hall–Kier alpha value is -2.26. The Labute approximate surface area is 195 Å². The fourth-order valence-corrected chi connectivity index (χ4v) is 5.73. The van der Waals surface area contributed by atoms with Gasteiger partial charge in [0.2, 0.25) is 0 Å². The van der Waals surface area contributed by atoms with Gasteiger partial charge in [-0.1, -0.05) is 51.9 Å². The molecule has 2 aromatic rings. The van der Waals surface area contributed by atoms with Gasteiger partial charge in [-0.2, -0.15) is 0 Å². The molecule has 9 heteroatoms. The van der Waals surface area contributed by atoms with E-state index in [1.807, 2.05) is 0 Å². The van der Waals surface area contributed by atoms with Crippen LogP contribution in [0, 0.1) is 0 Å². The van der Waals surface area contributed by atoms with Crippen molar-refractivity contribution in [1.82, 2.24) is 0 Å². The fraction of sp³-hybridized carbons (Fsp3) is 0.522. The molecule has 0 saturated carbocycles. The fourth-order valence-electron chi connectivity index (χ4n) is 3.34. The van der Waals surface area contributed by atoms with Crippen molar-refractivity contribution in [3.63, 3.8) is 0 Å². The molecule has 0 aliphatic heterocycles. The maximum Gasteiger partial charge on any atom is 0.349 e. The molecule has 0 spiro atoms. The van der Waals surface area contributed by atoms with Crippen molar-refractivity contribution in [2.24, 2.45) is 0 Å². The highest BCUT2D eigenvalue weighted by molar-refractivity contribution is 7.93. The lowest BCUT2D eigenvalue weighted by Gasteiger charge is -2.14. The molecule has 32 heavy (non-hydrogen) atoms. The number of carbonyl (C=O) groups excluding carboxylic acids is 1. The third-order valence-corrected chi connectivity index (χ3v) is 7.54. The van der Waals surface area contributed by atoms with Gasteiger partial charge in [-0.05, 0) is 30.0 Å². The summed E-state index contributed by atoms with van der Waals surface area (Å²) >= 11 is 1.02.